The molecule has 0 saturated carbocycles. The van der Waals surface area contributed by atoms with Crippen molar-refractivity contribution in [3.8, 4) is 11.5 Å². The second-order valence-electron chi connectivity index (χ2n) is 4.35. The molecular formula is C15H22BrNO3. The molecule has 0 unspecified atom stereocenters. The van der Waals surface area contributed by atoms with Crippen LogP contribution in [0.4, 0.5) is 5.69 Å². The maximum atomic E-state index is 11.6. The molecule has 5 heteroatoms. The van der Waals surface area contributed by atoms with E-state index in [2.05, 4.69) is 28.2 Å². The van der Waals surface area contributed by atoms with Crippen LogP contribution in [0.15, 0.2) is 18.2 Å². The number of anilines is 1. The van der Waals surface area contributed by atoms with Crippen LogP contribution in [0.3, 0.4) is 0 Å². The number of carbonyl (C=O) groups excluding carboxylic acids is 1. The maximum absolute atomic E-state index is 11.6. The molecule has 0 saturated heterocycles. The first kappa shape index (κ1) is 16.8. The molecule has 0 aliphatic heterocycles. The van der Waals surface area contributed by atoms with E-state index in [1.165, 1.54) is 0 Å². The van der Waals surface area contributed by atoms with E-state index in [1.807, 2.05) is 25.1 Å². The zero-order valence-corrected chi connectivity index (χ0v) is 13.7. The third kappa shape index (κ3) is 5.82. The molecule has 0 atom stereocenters. The van der Waals surface area contributed by atoms with Gasteiger partial charge in [-0.15, -0.1) is 0 Å². The Labute approximate surface area is 129 Å². The Balaban J connectivity index is 2.79. The van der Waals surface area contributed by atoms with Gasteiger partial charge in [0.1, 0.15) is 0 Å². The minimum absolute atomic E-state index is 0.0226. The SMILES string of the molecule is CCCOc1ccc(NC(=O)CCBr)cc1OCCC. The quantitative estimate of drug-likeness (QED) is 0.689. The highest BCUT2D eigenvalue weighted by atomic mass is 79.9. The van der Waals surface area contributed by atoms with Crippen molar-refractivity contribution in [3.05, 3.63) is 18.2 Å². The average molecular weight is 344 g/mol. The van der Waals surface area contributed by atoms with Gasteiger partial charge in [0.05, 0.1) is 13.2 Å². The summed E-state index contributed by atoms with van der Waals surface area (Å²) >= 11 is 3.25. The average Bonchev–Trinajstić information content (AvgIpc) is 2.44. The van der Waals surface area contributed by atoms with Crippen molar-refractivity contribution in [2.24, 2.45) is 0 Å². The number of nitrogens with one attached hydrogen (secondary N) is 1. The lowest BCUT2D eigenvalue weighted by atomic mass is 10.2. The molecule has 1 amide bonds. The summed E-state index contributed by atoms with van der Waals surface area (Å²) in [4.78, 5) is 11.6. The number of ether oxygens (including phenoxy) is 2. The number of amides is 1. The molecule has 0 fully saturated rings. The molecule has 0 spiro atoms. The highest BCUT2D eigenvalue weighted by Crippen LogP contribution is 2.31. The van der Waals surface area contributed by atoms with Crippen molar-refractivity contribution in [2.75, 3.05) is 23.9 Å². The lowest BCUT2D eigenvalue weighted by Crippen LogP contribution is -2.12. The lowest BCUT2D eigenvalue weighted by molar-refractivity contribution is -0.115. The summed E-state index contributed by atoms with van der Waals surface area (Å²) in [5.41, 5.74) is 0.728. The van der Waals surface area contributed by atoms with Crippen LogP contribution in [-0.2, 0) is 4.79 Å². The molecule has 20 heavy (non-hydrogen) atoms. The van der Waals surface area contributed by atoms with Gasteiger partial charge in [0.2, 0.25) is 5.91 Å². The molecule has 1 N–H and O–H groups in total. The van der Waals surface area contributed by atoms with Crippen LogP contribution in [0, 0.1) is 0 Å². The Morgan fingerprint density at radius 2 is 1.80 bits per heavy atom. The Kier molecular flexibility index (Phi) is 8.11. The number of benzene rings is 1. The minimum atomic E-state index is -0.0226. The monoisotopic (exact) mass is 343 g/mol. The number of hydrogen-bond donors (Lipinski definition) is 1. The normalized spacial score (nSPS) is 10.2. The van der Waals surface area contributed by atoms with E-state index in [0.29, 0.717) is 30.7 Å². The molecule has 112 valence electrons. The van der Waals surface area contributed by atoms with E-state index in [-0.39, 0.29) is 5.91 Å². The zero-order chi connectivity index (χ0) is 14.8. The maximum Gasteiger partial charge on any atom is 0.225 e. The predicted molar refractivity (Wildman–Crippen MR) is 85.1 cm³/mol. The number of alkyl halides is 1. The Bertz CT molecular complexity index is 424. The third-order valence-electron chi connectivity index (χ3n) is 2.47. The Hall–Kier alpha value is -1.23. The molecule has 1 rings (SSSR count). The van der Waals surface area contributed by atoms with Gasteiger partial charge in [0, 0.05) is 23.5 Å². The van der Waals surface area contributed by atoms with Crippen molar-refractivity contribution >= 4 is 27.5 Å². The number of halogens is 1. The molecule has 0 heterocycles. The van der Waals surface area contributed by atoms with Gasteiger partial charge in [-0.3, -0.25) is 4.79 Å². The van der Waals surface area contributed by atoms with Gasteiger partial charge in [-0.25, -0.2) is 0 Å². The van der Waals surface area contributed by atoms with Crippen LogP contribution >= 0.6 is 15.9 Å². The fraction of sp³-hybridized carbons (Fsp3) is 0.533. The standard InChI is InChI=1S/C15H22BrNO3/c1-3-9-19-13-6-5-12(17-15(18)7-8-16)11-14(13)20-10-4-2/h5-6,11H,3-4,7-10H2,1-2H3,(H,17,18). The number of hydrogen-bond acceptors (Lipinski definition) is 3. The van der Waals surface area contributed by atoms with E-state index in [9.17, 15) is 4.79 Å². The first-order chi connectivity index (χ1) is 9.71. The van der Waals surface area contributed by atoms with Gasteiger partial charge in [-0.1, -0.05) is 29.8 Å². The van der Waals surface area contributed by atoms with E-state index >= 15 is 0 Å². The molecule has 0 aliphatic rings. The van der Waals surface area contributed by atoms with Crippen molar-refractivity contribution in [1.29, 1.82) is 0 Å². The van der Waals surface area contributed by atoms with Gasteiger partial charge in [-0.05, 0) is 25.0 Å². The van der Waals surface area contributed by atoms with Crippen molar-refractivity contribution in [2.45, 2.75) is 33.1 Å². The predicted octanol–water partition coefficient (Wildman–Crippen LogP) is 3.99. The smallest absolute Gasteiger partial charge is 0.225 e. The molecule has 4 nitrogen and oxygen atoms in total. The van der Waals surface area contributed by atoms with Crippen molar-refractivity contribution < 1.29 is 14.3 Å². The van der Waals surface area contributed by atoms with Crippen LogP contribution in [-0.4, -0.2) is 24.5 Å². The summed E-state index contributed by atoms with van der Waals surface area (Å²) in [5.74, 6) is 1.38. The van der Waals surface area contributed by atoms with Gasteiger partial charge in [0.15, 0.2) is 11.5 Å². The van der Waals surface area contributed by atoms with E-state index in [1.54, 1.807) is 0 Å². The summed E-state index contributed by atoms with van der Waals surface area (Å²) in [6.45, 7) is 5.38. The largest absolute Gasteiger partial charge is 0.490 e. The van der Waals surface area contributed by atoms with E-state index in [4.69, 9.17) is 9.47 Å². The number of rotatable bonds is 9. The molecule has 1 aromatic rings. The highest BCUT2D eigenvalue weighted by Gasteiger charge is 2.08. The van der Waals surface area contributed by atoms with Crippen molar-refractivity contribution in [3.63, 3.8) is 0 Å². The molecular weight excluding hydrogens is 322 g/mol. The first-order valence-corrected chi connectivity index (χ1v) is 8.08. The van der Waals surface area contributed by atoms with Crippen LogP contribution in [0.2, 0.25) is 0 Å². The van der Waals surface area contributed by atoms with Crippen LogP contribution in [0.1, 0.15) is 33.1 Å². The summed E-state index contributed by atoms with van der Waals surface area (Å²) in [7, 11) is 0. The molecule has 0 aromatic heterocycles. The van der Waals surface area contributed by atoms with Gasteiger partial charge >= 0.3 is 0 Å². The Morgan fingerprint density at radius 1 is 1.15 bits per heavy atom. The van der Waals surface area contributed by atoms with Gasteiger partial charge in [0.25, 0.3) is 0 Å². The fourth-order valence-electron chi connectivity index (χ4n) is 1.55. The van der Waals surface area contributed by atoms with E-state index < -0.39 is 0 Å². The molecule has 1 aromatic carbocycles. The molecule has 0 bridgehead atoms. The van der Waals surface area contributed by atoms with Crippen LogP contribution in [0.25, 0.3) is 0 Å². The van der Waals surface area contributed by atoms with E-state index in [0.717, 1.165) is 24.3 Å². The van der Waals surface area contributed by atoms with Gasteiger partial charge < -0.3 is 14.8 Å². The second kappa shape index (κ2) is 9.64. The van der Waals surface area contributed by atoms with Crippen molar-refractivity contribution in [1.82, 2.24) is 0 Å². The van der Waals surface area contributed by atoms with Crippen LogP contribution in [0.5, 0.6) is 11.5 Å². The molecule has 0 aliphatic carbocycles. The summed E-state index contributed by atoms with van der Waals surface area (Å²) in [6, 6.07) is 5.48. The third-order valence-corrected chi connectivity index (χ3v) is 2.87. The topological polar surface area (TPSA) is 47.6 Å². The minimum Gasteiger partial charge on any atom is -0.490 e. The Morgan fingerprint density at radius 3 is 2.40 bits per heavy atom. The fourth-order valence-corrected chi connectivity index (χ4v) is 1.91. The molecule has 0 radical (unpaired) electrons. The summed E-state index contributed by atoms with van der Waals surface area (Å²) < 4.78 is 11.3. The zero-order valence-electron chi connectivity index (χ0n) is 12.1. The summed E-state index contributed by atoms with van der Waals surface area (Å²) in [5, 5.41) is 3.49. The lowest BCUT2D eigenvalue weighted by Gasteiger charge is -2.14. The first-order valence-electron chi connectivity index (χ1n) is 6.96. The number of carbonyl (C=O) groups is 1. The summed E-state index contributed by atoms with van der Waals surface area (Å²) in [6.07, 6.45) is 2.31. The van der Waals surface area contributed by atoms with Gasteiger partial charge in [-0.2, -0.15) is 0 Å². The highest BCUT2D eigenvalue weighted by molar-refractivity contribution is 9.09. The second-order valence-corrected chi connectivity index (χ2v) is 5.14. The van der Waals surface area contributed by atoms with Crippen LogP contribution < -0.4 is 14.8 Å².